The second-order valence-corrected chi connectivity index (χ2v) is 5.40. The van der Waals surface area contributed by atoms with Crippen molar-refractivity contribution in [3.8, 4) is 0 Å². The van der Waals surface area contributed by atoms with Crippen molar-refractivity contribution in [2.75, 3.05) is 13.2 Å². The van der Waals surface area contributed by atoms with E-state index in [1.165, 1.54) is 0 Å². The van der Waals surface area contributed by atoms with Gasteiger partial charge in [-0.1, -0.05) is 12.1 Å². The van der Waals surface area contributed by atoms with E-state index in [2.05, 4.69) is 4.98 Å². The quantitative estimate of drug-likeness (QED) is 0.834. The number of carboxylic acid groups (broad SMARTS) is 1. The normalized spacial score (nSPS) is 20.4. The average Bonchev–Trinajstić information content (AvgIpc) is 3.03. The highest BCUT2D eigenvalue weighted by Crippen LogP contribution is 2.39. The highest BCUT2D eigenvalue weighted by atomic mass is 16.7. The molecule has 0 amide bonds. The minimum Gasteiger partial charge on any atom is -0.478 e. The Morgan fingerprint density at radius 3 is 2.85 bits per heavy atom. The van der Waals surface area contributed by atoms with Crippen molar-refractivity contribution >= 4 is 16.9 Å². The summed E-state index contributed by atoms with van der Waals surface area (Å²) in [5, 5.41) is 10.3. The number of nitrogens with one attached hydrogen (secondary N) is 1. The van der Waals surface area contributed by atoms with Gasteiger partial charge in [0.05, 0.1) is 24.3 Å². The van der Waals surface area contributed by atoms with Crippen molar-refractivity contribution in [3.05, 3.63) is 35.0 Å². The topological polar surface area (TPSA) is 71.5 Å². The molecule has 0 unspecified atom stereocenters. The van der Waals surface area contributed by atoms with Gasteiger partial charge in [-0.05, 0) is 18.1 Å². The van der Waals surface area contributed by atoms with E-state index in [1.54, 1.807) is 12.1 Å². The largest absolute Gasteiger partial charge is 0.478 e. The van der Waals surface area contributed by atoms with E-state index in [-0.39, 0.29) is 0 Å². The van der Waals surface area contributed by atoms with Crippen molar-refractivity contribution in [2.24, 2.45) is 0 Å². The monoisotopic (exact) mass is 273 g/mol. The number of H-pyrrole nitrogens is 1. The van der Waals surface area contributed by atoms with Crippen LogP contribution in [0.1, 0.15) is 28.0 Å². The number of aromatic amines is 1. The first-order chi connectivity index (χ1) is 9.69. The second-order valence-electron chi connectivity index (χ2n) is 5.40. The maximum atomic E-state index is 11.3. The standard InChI is InChI=1S/C15H15NO4/c17-14(18)10-3-1-2-9-11-8-15(19-6-7-20-15)5-4-12(11)16-13(9)10/h1-3,16H,4-8H2,(H,17,18). The molecule has 0 radical (unpaired) electrons. The molecule has 2 heterocycles. The molecule has 2 aliphatic rings. The van der Waals surface area contributed by atoms with Crippen molar-refractivity contribution in [2.45, 2.75) is 25.0 Å². The van der Waals surface area contributed by atoms with Crippen molar-refractivity contribution in [1.29, 1.82) is 0 Å². The highest BCUT2D eigenvalue weighted by molar-refractivity contribution is 6.03. The third kappa shape index (κ3) is 1.60. The molecule has 1 aliphatic carbocycles. The van der Waals surface area contributed by atoms with Crippen molar-refractivity contribution in [1.82, 2.24) is 4.98 Å². The molecule has 0 atom stereocenters. The first-order valence-corrected chi connectivity index (χ1v) is 6.82. The summed E-state index contributed by atoms with van der Waals surface area (Å²) in [6, 6.07) is 5.38. The number of para-hydroxylation sites is 1. The molecule has 0 bridgehead atoms. The zero-order valence-electron chi connectivity index (χ0n) is 10.9. The number of fused-ring (bicyclic) bond motifs is 3. The molecule has 0 saturated carbocycles. The Morgan fingerprint density at radius 1 is 1.30 bits per heavy atom. The minimum absolute atomic E-state index is 0.319. The van der Waals surface area contributed by atoms with Gasteiger partial charge in [0.25, 0.3) is 0 Å². The molecule has 4 rings (SSSR count). The van der Waals surface area contributed by atoms with E-state index in [0.717, 1.165) is 29.5 Å². The zero-order chi connectivity index (χ0) is 13.7. The minimum atomic E-state index is -0.905. The summed E-state index contributed by atoms with van der Waals surface area (Å²) in [7, 11) is 0. The predicted octanol–water partition coefficient (Wildman–Crippen LogP) is 2.10. The summed E-state index contributed by atoms with van der Waals surface area (Å²) in [6.45, 7) is 1.27. The third-order valence-corrected chi connectivity index (χ3v) is 4.28. The lowest BCUT2D eigenvalue weighted by molar-refractivity contribution is -0.163. The summed E-state index contributed by atoms with van der Waals surface area (Å²) >= 11 is 0. The number of aryl methyl sites for hydroxylation is 1. The molecule has 1 aromatic heterocycles. The number of rotatable bonds is 1. The number of hydrogen-bond acceptors (Lipinski definition) is 3. The number of carbonyl (C=O) groups is 1. The number of ether oxygens (including phenoxy) is 2. The fourth-order valence-electron chi connectivity index (χ4n) is 3.34. The zero-order valence-corrected chi connectivity index (χ0v) is 10.9. The third-order valence-electron chi connectivity index (χ3n) is 4.28. The maximum absolute atomic E-state index is 11.3. The molecule has 1 saturated heterocycles. The SMILES string of the molecule is O=C(O)c1cccc2c3c([nH]c12)CCC1(C3)OCCO1. The van der Waals surface area contributed by atoms with Gasteiger partial charge in [0, 0.05) is 23.9 Å². The fraction of sp³-hybridized carbons (Fsp3) is 0.400. The predicted molar refractivity (Wildman–Crippen MR) is 71.9 cm³/mol. The lowest BCUT2D eigenvalue weighted by atomic mass is 9.90. The van der Waals surface area contributed by atoms with Crippen molar-refractivity contribution in [3.63, 3.8) is 0 Å². The van der Waals surface area contributed by atoms with Gasteiger partial charge in [0.15, 0.2) is 5.79 Å². The Morgan fingerprint density at radius 2 is 2.10 bits per heavy atom. The number of aromatic carboxylic acids is 1. The fourth-order valence-corrected chi connectivity index (χ4v) is 3.34. The maximum Gasteiger partial charge on any atom is 0.337 e. The van der Waals surface area contributed by atoms with E-state index < -0.39 is 11.8 Å². The Labute approximate surface area is 115 Å². The molecular weight excluding hydrogens is 258 g/mol. The Hall–Kier alpha value is -1.85. The summed E-state index contributed by atoms with van der Waals surface area (Å²) in [4.78, 5) is 14.6. The van der Waals surface area contributed by atoms with E-state index in [1.807, 2.05) is 6.07 Å². The van der Waals surface area contributed by atoms with Gasteiger partial charge in [0.2, 0.25) is 0 Å². The number of hydrogen-bond donors (Lipinski definition) is 2. The Balaban J connectivity index is 1.87. The smallest absolute Gasteiger partial charge is 0.337 e. The van der Waals surface area contributed by atoms with Gasteiger partial charge in [0.1, 0.15) is 0 Å². The molecule has 1 aromatic carbocycles. The van der Waals surface area contributed by atoms with Crippen LogP contribution in [0.25, 0.3) is 10.9 Å². The summed E-state index contributed by atoms with van der Waals surface area (Å²) in [6.07, 6.45) is 2.32. The molecule has 2 aromatic rings. The molecular formula is C15H15NO4. The lowest BCUT2D eigenvalue weighted by Crippen LogP contribution is -2.36. The van der Waals surface area contributed by atoms with Crippen LogP contribution in [0.2, 0.25) is 0 Å². The van der Waals surface area contributed by atoms with Crippen LogP contribution in [0.3, 0.4) is 0 Å². The van der Waals surface area contributed by atoms with Crippen LogP contribution in [-0.4, -0.2) is 35.1 Å². The van der Waals surface area contributed by atoms with Crippen molar-refractivity contribution < 1.29 is 19.4 Å². The molecule has 1 aliphatic heterocycles. The number of aromatic nitrogens is 1. The van der Waals surface area contributed by atoms with E-state index in [9.17, 15) is 9.90 Å². The first kappa shape index (κ1) is 11.9. The molecule has 5 nitrogen and oxygen atoms in total. The van der Waals surface area contributed by atoms with Crippen LogP contribution >= 0.6 is 0 Å². The Kier molecular flexibility index (Phi) is 2.43. The Bertz CT molecular complexity index is 697. The number of carboxylic acids is 1. The van der Waals surface area contributed by atoms with Gasteiger partial charge in [-0.3, -0.25) is 0 Å². The van der Waals surface area contributed by atoms with Crippen LogP contribution in [0.15, 0.2) is 18.2 Å². The van der Waals surface area contributed by atoms with Gasteiger partial charge in [-0.15, -0.1) is 0 Å². The molecule has 20 heavy (non-hydrogen) atoms. The van der Waals surface area contributed by atoms with Crippen LogP contribution in [-0.2, 0) is 22.3 Å². The van der Waals surface area contributed by atoms with Gasteiger partial charge in [-0.2, -0.15) is 0 Å². The average molecular weight is 273 g/mol. The van der Waals surface area contributed by atoms with Gasteiger partial charge >= 0.3 is 5.97 Å². The molecule has 104 valence electrons. The van der Waals surface area contributed by atoms with Crippen LogP contribution < -0.4 is 0 Å². The summed E-state index contributed by atoms with van der Waals surface area (Å²) in [5.41, 5.74) is 3.27. The lowest BCUT2D eigenvalue weighted by Gasteiger charge is -2.31. The van der Waals surface area contributed by atoms with Gasteiger partial charge in [-0.25, -0.2) is 4.79 Å². The molecule has 5 heteroatoms. The molecule has 1 spiro atoms. The molecule has 1 fully saturated rings. The van der Waals surface area contributed by atoms with Crippen LogP contribution in [0.5, 0.6) is 0 Å². The van der Waals surface area contributed by atoms with Crippen LogP contribution in [0.4, 0.5) is 0 Å². The van der Waals surface area contributed by atoms with E-state index in [4.69, 9.17) is 9.47 Å². The number of benzene rings is 1. The van der Waals surface area contributed by atoms with E-state index >= 15 is 0 Å². The van der Waals surface area contributed by atoms with E-state index in [0.29, 0.717) is 30.7 Å². The van der Waals surface area contributed by atoms with Crippen LogP contribution in [0, 0.1) is 0 Å². The highest BCUT2D eigenvalue weighted by Gasteiger charge is 2.41. The van der Waals surface area contributed by atoms with Gasteiger partial charge < -0.3 is 19.6 Å². The summed E-state index contributed by atoms with van der Waals surface area (Å²) < 4.78 is 11.6. The molecule has 2 N–H and O–H groups in total. The first-order valence-electron chi connectivity index (χ1n) is 6.82. The second kappa shape index (κ2) is 4.07. The summed E-state index contributed by atoms with van der Waals surface area (Å²) in [5.74, 6) is -1.40.